The van der Waals surface area contributed by atoms with Crippen LogP contribution in [0.2, 0.25) is 0 Å². The van der Waals surface area contributed by atoms with Gasteiger partial charge >= 0.3 is 5.97 Å². The summed E-state index contributed by atoms with van der Waals surface area (Å²) in [6.45, 7) is 3.13. The number of fused-ring (bicyclic) bond motifs is 1. The number of hydrogen-bond acceptors (Lipinski definition) is 8. The Morgan fingerprint density at radius 2 is 2.07 bits per heavy atom. The topological polar surface area (TPSA) is 96.4 Å². The van der Waals surface area contributed by atoms with Crippen LogP contribution in [0.4, 0.5) is 5.69 Å². The Labute approximate surface area is 166 Å². The molecule has 8 heteroatoms. The van der Waals surface area contributed by atoms with E-state index >= 15 is 0 Å². The smallest absolute Gasteiger partial charge is 0.306 e. The second-order valence-electron chi connectivity index (χ2n) is 6.31. The number of anilines is 1. The number of esters is 1. The molecular weight excluding hydrogens is 378 g/mol. The summed E-state index contributed by atoms with van der Waals surface area (Å²) in [4.78, 5) is 27.3. The van der Waals surface area contributed by atoms with Gasteiger partial charge in [0, 0.05) is 23.9 Å². The fourth-order valence-electron chi connectivity index (χ4n) is 2.93. The van der Waals surface area contributed by atoms with Gasteiger partial charge < -0.3 is 14.2 Å². The number of aryl methyl sites for hydroxylation is 2. The lowest BCUT2D eigenvalue weighted by Crippen LogP contribution is -2.20. The standard InChI is InChI=1S/C20H19N3O4S/c1-12-14(13(2)27-22-12)8-9-19(25)26-11-17(24)15(10-21)20-23(3)16-6-4-5-7-18(16)28-20/h4-7H,8-9,11H2,1-3H3/b20-15-. The molecule has 0 unspecified atom stereocenters. The second kappa shape index (κ2) is 8.31. The molecule has 2 heterocycles. The molecule has 0 atom stereocenters. The highest BCUT2D eigenvalue weighted by molar-refractivity contribution is 8.03. The molecule has 0 spiro atoms. The summed E-state index contributed by atoms with van der Waals surface area (Å²) in [6.07, 6.45) is 0.531. The van der Waals surface area contributed by atoms with Crippen LogP contribution in [-0.4, -0.2) is 30.6 Å². The summed E-state index contributed by atoms with van der Waals surface area (Å²) >= 11 is 1.36. The van der Waals surface area contributed by atoms with Gasteiger partial charge in [0.25, 0.3) is 0 Å². The summed E-state index contributed by atoms with van der Waals surface area (Å²) in [7, 11) is 1.80. The van der Waals surface area contributed by atoms with Gasteiger partial charge in [-0.25, -0.2) is 0 Å². The Balaban J connectivity index is 1.61. The maximum absolute atomic E-state index is 12.5. The highest BCUT2D eigenvalue weighted by Crippen LogP contribution is 2.46. The van der Waals surface area contributed by atoms with E-state index in [1.54, 1.807) is 25.8 Å². The Morgan fingerprint density at radius 1 is 1.32 bits per heavy atom. The Morgan fingerprint density at radius 3 is 2.71 bits per heavy atom. The lowest BCUT2D eigenvalue weighted by atomic mass is 10.1. The molecule has 1 aromatic carbocycles. The first kappa shape index (κ1) is 19.7. The number of nitrogens with zero attached hydrogens (tertiary/aromatic N) is 3. The third-order valence-corrected chi connectivity index (χ3v) is 5.70. The summed E-state index contributed by atoms with van der Waals surface area (Å²) in [6, 6.07) is 9.60. The molecular formula is C20H19N3O4S. The van der Waals surface area contributed by atoms with Gasteiger partial charge in [0.2, 0.25) is 5.78 Å². The maximum Gasteiger partial charge on any atom is 0.306 e. The van der Waals surface area contributed by atoms with Gasteiger partial charge in [0.15, 0.2) is 6.61 Å². The van der Waals surface area contributed by atoms with Crippen molar-refractivity contribution in [2.24, 2.45) is 0 Å². The minimum atomic E-state index is -0.518. The number of ether oxygens (including phenoxy) is 1. The van der Waals surface area contributed by atoms with Crippen molar-refractivity contribution >= 4 is 29.2 Å². The molecule has 0 saturated carbocycles. The van der Waals surface area contributed by atoms with Gasteiger partial charge in [-0.05, 0) is 32.4 Å². The van der Waals surface area contributed by atoms with Crippen LogP contribution in [0.25, 0.3) is 0 Å². The predicted octanol–water partition coefficient (Wildman–Crippen LogP) is 3.31. The first-order valence-electron chi connectivity index (χ1n) is 8.68. The zero-order valence-electron chi connectivity index (χ0n) is 15.8. The minimum Gasteiger partial charge on any atom is -0.457 e. The molecule has 28 heavy (non-hydrogen) atoms. The van der Waals surface area contributed by atoms with E-state index in [2.05, 4.69) is 5.16 Å². The molecule has 1 aromatic heterocycles. The summed E-state index contributed by atoms with van der Waals surface area (Å²) in [5, 5.41) is 13.9. The van der Waals surface area contributed by atoms with Crippen molar-refractivity contribution in [3.8, 4) is 6.07 Å². The first-order chi connectivity index (χ1) is 13.4. The molecule has 7 nitrogen and oxygen atoms in total. The summed E-state index contributed by atoms with van der Waals surface area (Å²) in [5.41, 5.74) is 2.52. The van der Waals surface area contributed by atoms with Crippen molar-refractivity contribution in [2.45, 2.75) is 31.6 Å². The average Bonchev–Trinajstić information content (AvgIpc) is 3.19. The fraction of sp³-hybridized carbons (Fsp3) is 0.300. The Bertz CT molecular complexity index is 984. The molecule has 1 aliphatic heterocycles. The number of hydrogen-bond donors (Lipinski definition) is 0. The van der Waals surface area contributed by atoms with E-state index in [0.717, 1.165) is 21.8 Å². The van der Waals surface area contributed by atoms with Crippen molar-refractivity contribution in [1.82, 2.24) is 5.16 Å². The zero-order valence-corrected chi connectivity index (χ0v) is 16.6. The van der Waals surface area contributed by atoms with E-state index in [9.17, 15) is 14.9 Å². The lowest BCUT2D eigenvalue weighted by Gasteiger charge is -2.14. The number of aromatic nitrogens is 1. The normalized spacial score (nSPS) is 14.4. The van der Waals surface area contributed by atoms with Crippen LogP contribution in [0.15, 0.2) is 44.3 Å². The van der Waals surface area contributed by atoms with E-state index in [1.807, 2.05) is 30.3 Å². The molecule has 3 rings (SSSR count). The number of carbonyl (C=O) groups excluding carboxylic acids is 2. The number of Topliss-reactive ketones (excluding diaryl/α,β-unsaturated/α-hetero) is 1. The molecule has 2 aromatic rings. The number of benzene rings is 1. The van der Waals surface area contributed by atoms with Crippen molar-refractivity contribution in [1.29, 1.82) is 5.26 Å². The Kier molecular flexibility index (Phi) is 5.85. The second-order valence-corrected chi connectivity index (χ2v) is 7.34. The van der Waals surface area contributed by atoms with Crippen LogP contribution in [0, 0.1) is 25.2 Å². The van der Waals surface area contributed by atoms with Crippen molar-refractivity contribution < 1.29 is 18.8 Å². The number of nitriles is 1. The van der Waals surface area contributed by atoms with E-state index in [1.165, 1.54) is 11.8 Å². The number of carbonyl (C=O) groups is 2. The highest BCUT2D eigenvalue weighted by Gasteiger charge is 2.28. The van der Waals surface area contributed by atoms with Crippen LogP contribution in [0.1, 0.15) is 23.4 Å². The predicted molar refractivity (Wildman–Crippen MR) is 104 cm³/mol. The van der Waals surface area contributed by atoms with Gasteiger partial charge in [0.1, 0.15) is 22.4 Å². The van der Waals surface area contributed by atoms with E-state index in [-0.39, 0.29) is 12.0 Å². The first-order valence-corrected chi connectivity index (χ1v) is 9.49. The molecule has 0 fully saturated rings. The van der Waals surface area contributed by atoms with Gasteiger partial charge in [-0.3, -0.25) is 9.59 Å². The van der Waals surface area contributed by atoms with Crippen LogP contribution < -0.4 is 4.90 Å². The number of para-hydroxylation sites is 1. The largest absolute Gasteiger partial charge is 0.457 e. The molecule has 0 amide bonds. The van der Waals surface area contributed by atoms with Crippen molar-refractivity contribution in [3.05, 3.63) is 51.9 Å². The number of rotatable bonds is 6. The van der Waals surface area contributed by atoms with Crippen LogP contribution in [0.3, 0.4) is 0 Å². The van der Waals surface area contributed by atoms with Crippen molar-refractivity contribution in [3.63, 3.8) is 0 Å². The van der Waals surface area contributed by atoms with Crippen LogP contribution in [0.5, 0.6) is 0 Å². The third kappa shape index (κ3) is 3.94. The lowest BCUT2D eigenvalue weighted by molar-refractivity contribution is -0.147. The SMILES string of the molecule is Cc1noc(C)c1CCC(=O)OCC(=O)/C(C#N)=C1\Sc2ccccc2N1C. The van der Waals surface area contributed by atoms with Crippen molar-refractivity contribution in [2.75, 3.05) is 18.6 Å². The van der Waals surface area contributed by atoms with E-state index in [4.69, 9.17) is 9.26 Å². The van der Waals surface area contributed by atoms with Gasteiger partial charge in [-0.2, -0.15) is 5.26 Å². The van der Waals surface area contributed by atoms with E-state index in [0.29, 0.717) is 17.2 Å². The monoisotopic (exact) mass is 397 g/mol. The Hall–Kier alpha value is -3.05. The number of thioether (sulfide) groups is 1. The third-order valence-electron chi connectivity index (χ3n) is 4.47. The molecule has 0 bridgehead atoms. The average molecular weight is 397 g/mol. The highest BCUT2D eigenvalue weighted by atomic mass is 32.2. The molecule has 0 radical (unpaired) electrons. The van der Waals surface area contributed by atoms with Crippen LogP contribution >= 0.6 is 11.8 Å². The van der Waals surface area contributed by atoms with Crippen LogP contribution in [-0.2, 0) is 20.7 Å². The zero-order chi connectivity index (χ0) is 20.3. The molecule has 144 valence electrons. The molecule has 0 N–H and O–H groups in total. The minimum absolute atomic E-state index is 0.0118. The quantitative estimate of drug-likeness (QED) is 0.416. The molecule has 0 aliphatic carbocycles. The molecule has 0 saturated heterocycles. The maximum atomic E-state index is 12.5. The molecule has 1 aliphatic rings. The van der Waals surface area contributed by atoms with Gasteiger partial charge in [-0.15, -0.1) is 0 Å². The summed E-state index contributed by atoms with van der Waals surface area (Å²) in [5.74, 6) is -0.361. The number of ketones is 1. The fourth-order valence-corrected chi connectivity index (χ4v) is 4.09. The van der Waals surface area contributed by atoms with Gasteiger partial charge in [0.05, 0.1) is 11.4 Å². The summed E-state index contributed by atoms with van der Waals surface area (Å²) < 4.78 is 10.1. The van der Waals surface area contributed by atoms with Gasteiger partial charge in [-0.1, -0.05) is 29.1 Å². The van der Waals surface area contributed by atoms with E-state index < -0.39 is 18.4 Å².